The Balaban J connectivity index is 2.36. The quantitative estimate of drug-likeness (QED) is 0.651. The monoisotopic (exact) mass is 292 g/mol. The summed E-state index contributed by atoms with van der Waals surface area (Å²) in [5, 5.41) is 11.2. The molecule has 2 rings (SSSR count). The smallest absolute Gasteiger partial charge is 0.285 e. The minimum atomic E-state index is -0.490. The van der Waals surface area contributed by atoms with Crippen LogP contribution in [0.5, 0.6) is 0 Å². The number of benzene rings is 1. The molecule has 114 valence electrons. The second-order valence-corrected chi connectivity index (χ2v) is 5.38. The number of para-hydroxylation sites is 1. The number of piperazine rings is 1. The second kappa shape index (κ2) is 6.19. The van der Waals surface area contributed by atoms with Crippen molar-refractivity contribution in [2.24, 2.45) is 5.73 Å². The molecule has 21 heavy (non-hydrogen) atoms. The molecule has 0 aliphatic carbocycles. The van der Waals surface area contributed by atoms with Crippen LogP contribution in [-0.4, -0.2) is 59.9 Å². The Labute approximate surface area is 123 Å². The van der Waals surface area contributed by atoms with Crippen LogP contribution in [0.1, 0.15) is 15.9 Å². The van der Waals surface area contributed by atoms with Crippen LogP contribution in [0, 0.1) is 17.0 Å². The number of nitrogens with two attached hydrogens (primary N) is 1. The zero-order valence-corrected chi connectivity index (χ0v) is 12.3. The Morgan fingerprint density at radius 1 is 1.48 bits per heavy atom. The van der Waals surface area contributed by atoms with Crippen molar-refractivity contribution in [3.8, 4) is 0 Å². The average Bonchev–Trinajstić information content (AvgIpc) is 2.45. The van der Waals surface area contributed by atoms with E-state index in [9.17, 15) is 14.9 Å². The lowest BCUT2D eigenvalue weighted by Gasteiger charge is -2.39. The summed E-state index contributed by atoms with van der Waals surface area (Å²) >= 11 is 0. The Bertz CT molecular complexity index is 561. The third-order valence-electron chi connectivity index (χ3n) is 3.87. The van der Waals surface area contributed by atoms with E-state index < -0.39 is 4.92 Å². The molecular formula is C14H20N4O3. The number of rotatable bonds is 3. The van der Waals surface area contributed by atoms with Crippen molar-refractivity contribution >= 4 is 11.6 Å². The van der Waals surface area contributed by atoms with Crippen molar-refractivity contribution in [2.45, 2.75) is 13.0 Å². The maximum atomic E-state index is 12.7. The fourth-order valence-corrected chi connectivity index (χ4v) is 2.71. The van der Waals surface area contributed by atoms with Crippen LogP contribution in [0.3, 0.4) is 0 Å². The summed E-state index contributed by atoms with van der Waals surface area (Å²) in [7, 11) is 1.97. The third kappa shape index (κ3) is 3.03. The molecule has 0 radical (unpaired) electrons. The van der Waals surface area contributed by atoms with Gasteiger partial charge >= 0.3 is 0 Å². The fraction of sp³-hybridized carbons (Fsp3) is 0.500. The number of carbonyl (C=O) groups is 1. The van der Waals surface area contributed by atoms with Gasteiger partial charge in [0, 0.05) is 31.7 Å². The topological polar surface area (TPSA) is 92.7 Å². The van der Waals surface area contributed by atoms with Crippen LogP contribution in [0.2, 0.25) is 0 Å². The molecule has 7 nitrogen and oxygen atoms in total. The third-order valence-corrected chi connectivity index (χ3v) is 3.87. The van der Waals surface area contributed by atoms with E-state index in [1.807, 2.05) is 7.05 Å². The highest BCUT2D eigenvalue weighted by Gasteiger charge is 2.32. The van der Waals surface area contributed by atoms with Gasteiger partial charge in [-0.1, -0.05) is 12.1 Å². The van der Waals surface area contributed by atoms with Gasteiger partial charge in [-0.15, -0.1) is 0 Å². The SMILES string of the molecule is Cc1cccc(C(=O)N2CCN(C)CC2CN)c1[N+](=O)[O-]. The largest absolute Gasteiger partial charge is 0.332 e. The van der Waals surface area contributed by atoms with Gasteiger partial charge in [0.05, 0.1) is 11.0 Å². The zero-order valence-electron chi connectivity index (χ0n) is 12.3. The molecule has 0 aromatic heterocycles. The minimum absolute atomic E-state index is 0.114. The first-order valence-electron chi connectivity index (χ1n) is 6.89. The van der Waals surface area contributed by atoms with E-state index in [1.54, 1.807) is 24.0 Å². The summed E-state index contributed by atoms with van der Waals surface area (Å²) in [4.78, 5) is 27.2. The molecule has 0 bridgehead atoms. The van der Waals surface area contributed by atoms with E-state index in [0.717, 1.165) is 6.54 Å². The van der Waals surface area contributed by atoms with Crippen molar-refractivity contribution in [3.63, 3.8) is 0 Å². The molecule has 0 spiro atoms. The predicted octanol–water partition coefficient (Wildman–Crippen LogP) is 0.618. The summed E-state index contributed by atoms with van der Waals surface area (Å²) < 4.78 is 0. The van der Waals surface area contributed by atoms with Gasteiger partial charge in [0.2, 0.25) is 0 Å². The number of hydrogen-bond donors (Lipinski definition) is 1. The van der Waals surface area contributed by atoms with Gasteiger partial charge in [-0.3, -0.25) is 14.9 Å². The minimum Gasteiger partial charge on any atom is -0.332 e. The van der Waals surface area contributed by atoms with Crippen LogP contribution in [-0.2, 0) is 0 Å². The van der Waals surface area contributed by atoms with E-state index >= 15 is 0 Å². The van der Waals surface area contributed by atoms with Gasteiger partial charge in [0.25, 0.3) is 11.6 Å². The van der Waals surface area contributed by atoms with Crippen molar-refractivity contribution in [2.75, 3.05) is 33.2 Å². The van der Waals surface area contributed by atoms with Gasteiger partial charge < -0.3 is 15.5 Å². The lowest BCUT2D eigenvalue weighted by Crippen LogP contribution is -2.56. The summed E-state index contributed by atoms with van der Waals surface area (Å²) in [6.45, 7) is 3.93. The molecule has 1 aliphatic heterocycles. The number of aryl methyl sites for hydroxylation is 1. The van der Waals surface area contributed by atoms with Crippen molar-refractivity contribution in [1.82, 2.24) is 9.80 Å². The molecular weight excluding hydrogens is 272 g/mol. The van der Waals surface area contributed by atoms with Gasteiger partial charge in [-0.05, 0) is 20.0 Å². The highest BCUT2D eigenvalue weighted by molar-refractivity contribution is 5.99. The van der Waals surface area contributed by atoms with Gasteiger partial charge in [0.15, 0.2) is 0 Å². The number of amides is 1. The molecule has 1 atom stereocenters. The number of nitro benzene ring substituents is 1. The maximum absolute atomic E-state index is 12.7. The molecule has 1 aromatic rings. The van der Waals surface area contributed by atoms with E-state index in [2.05, 4.69) is 4.90 Å². The molecule has 2 N–H and O–H groups in total. The molecule has 7 heteroatoms. The Morgan fingerprint density at radius 2 is 2.19 bits per heavy atom. The standard InChI is InChI=1S/C14H20N4O3/c1-10-4-3-5-12(13(10)18(20)21)14(19)17-7-6-16(2)9-11(17)8-15/h3-5,11H,6-9,15H2,1-2H3. The van der Waals surface area contributed by atoms with E-state index in [4.69, 9.17) is 5.73 Å². The number of nitrogens with zero attached hydrogens (tertiary/aromatic N) is 3. The Morgan fingerprint density at radius 3 is 2.81 bits per heavy atom. The van der Waals surface area contributed by atoms with E-state index in [1.165, 1.54) is 6.07 Å². The first-order chi connectivity index (χ1) is 9.95. The molecule has 1 fully saturated rings. The highest BCUT2D eigenvalue weighted by atomic mass is 16.6. The molecule has 1 heterocycles. The van der Waals surface area contributed by atoms with E-state index in [0.29, 0.717) is 25.2 Å². The van der Waals surface area contributed by atoms with Crippen LogP contribution in [0.4, 0.5) is 5.69 Å². The Hall–Kier alpha value is -1.99. The molecule has 1 unspecified atom stereocenters. The maximum Gasteiger partial charge on any atom is 0.285 e. The molecule has 0 saturated carbocycles. The van der Waals surface area contributed by atoms with Crippen molar-refractivity contribution < 1.29 is 9.72 Å². The number of likely N-dealkylation sites (N-methyl/N-ethyl adjacent to an activating group) is 1. The fourth-order valence-electron chi connectivity index (χ4n) is 2.71. The average molecular weight is 292 g/mol. The first-order valence-corrected chi connectivity index (χ1v) is 6.89. The molecule has 1 aromatic carbocycles. The second-order valence-electron chi connectivity index (χ2n) is 5.38. The van der Waals surface area contributed by atoms with Gasteiger partial charge in [-0.25, -0.2) is 0 Å². The normalized spacial score (nSPS) is 19.6. The van der Waals surface area contributed by atoms with Crippen molar-refractivity contribution in [3.05, 3.63) is 39.4 Å². The molecule has 1 saturated heterocycles. The summed E-state index contributed by atoms with van der Waals surface area (Å²) in [6.07, 6.45) is 0. The summed E-state index contributed by atoms with van der Waals surface area (Å²) in [5.41, 5.74) is 6.26. The number of nitro groups is 1. The zero-order chi connectivity index (χ0) is 15.6. The lowest BCUT2D eigenvalue weighted by molar-refractivity contribution is -0.385. The van der Waals surface area contributed by atoms with E-state index in [-0.39, 0.29) is 23.2 Å². The first kappa shape index (κ1) is 15.4. The number of carbonyl (C=O) groups excluding carboxylic acids is 1. The lowest BCUT2D eigenvalue weighted by atomic mass is 10.0. The molecule has 1 amide bonds. The Kier molecular flexibility index (Phi) is 4.54. The molecule has 1 aliphatic rings. The van der Waals surface area contributed by atoms with Crippen LogP contribution in [0.15, 0.2) is 18.2 Å². The summed E-state index contributed by atoms with van der Waals surface area (Å²) in [5.74, 6) is -0.311. The van der Waals surface area contributed by atoms with Crippen LogP contribution < -0.4 is 5.73 Å². The predicted molar refractivity (Wildman–Crippen MR) is 79.2 cm³/mol. The van der Waals surface area contributed by atoms with Crippen LogP contribution >= 0.6 is 0 Å². The summed E-state index contributed by atoms with van der Waals surface area (Å²) in [6, 6.07) is 4.71. The van der Waals surface area contributed by atoms with Crippen molar-refractivity contribution in [1.29, 1.82) is 0 Å². The number of hydrogen-bond acceptors (Lipinski definition) is 5. The van der Waals surface area contributed by atoms with Gasteiger partial charge in [0.1, 0.15) is 5.56 Å². The van der Waals surface area contributed by atoms with Crippen LogP contribution in [0.25, 0.3) is 0 Å². The highest BCUT2D eigenvalue weighted by Crippen LogP contribution is 2.25. The van der Waals surface area contributed by atoms with Gasteiger partial charge in [-0.2, -0.15) is 0 Å².